The van der Waals surface area contributed by atoms with Crippen molar-refractivity contribution in [1.29, 1.82) is 0 Å². The van der Waals surface area contributed by atoms with Crippen molar-refractivity contribution < 1.29 is 0 Å². The van der Waals surface area contributed by atoms with Crippen molar-refractivity contribution in [1.82, 2.24) is 4.90 Å². The van der Waals surface area contributed by atoms with E-state index in [0.29, 0.717) is 5.11 Å². The van der Waals surface area contributed by atoms with E-state index in [-0.39, 0.29) is 0 Å². The molecule has 1 saturated heterocycles. The van der Waals surface area contributed by atoms with Crippen LogP contribution in [0.25, 0.3) is 0 Å². The molecule has 0 spiro atoms. The Hall–Kier alpha value is -0.710. The highest BCUT2D eigenvalue weighted by atomic mass is 32.1. The molecule has 5 heteroatoms. The van der Waals surface area contributed by atoms with Gasteiger partial charge in [0.25, 0.3) is 0 Å². The van der Waals surface area contributed by atoms with Crippen molar-refractivity contribution in [2.75, 3.05) is 13.1 Å². The van der Waals surface area contributed by atoms with E-state index < -0.39 is 0 Å². The maximum absolute atomic E-state index is 4.96. The van der Waals surface area contributed by atoms with Gasteiger partial charge in [-0.1, -0.05) is 5.22 Å². The van der Waals surface area contributed by atoms with Crippen molar-refractivity contribution in [2.45, 2.75) is 19.3 Å². The predicted molar refractivity (Wildman–Crippen MR) is 47.1 cm³/mol. The van der Waals surface area contributed by atoms with E-state index in [1.165, 1.54) is 19.3 Å². The first-order chi connectivity index (χ1) is 5.34. The van der Waals surface area contributed by atoms with E-state index in [2.05, 4.69) is 10.3 Å². The fourth-order valence-corrected chi connectivity index (χ4v) is 1.43. The summed E-state index contributed by atoms with van der Waals surface area (Å²) in [6, 6.07) is 0. The van der Waals surface area contributed by atoms with Gasteiger partial charge in [-0.25, -0.2) is 0 Å². The van der Waals surface area contributed by atoms with Crippen LogP contribution in [0.5, 0.6) is 0 Å². The number of hydrogen-bond donors (Lipinski definition) is 1. The van der Waals surface area contributed by atoms with Crippen molar-refractivity contribution in [2.24, 2.45) is 16.2 Å². The maximum atomic E-state index is 4.96. The summed E-state index contributed by atoms with van der Waals surface area (Å²) >= 11 is 4.96. The van der Waals surface area contributed by atoms with E-state index in [1.807, 2.05) is 4.90 Å². The molecule has 0 radical (unpaired) electrons. The van der Waals surface area contributed by atoms with Crippen molar-refractivity contribution in [3.63, 3.8) is 0 Å². The number of likely N-dealkylation sites (tertiary alicyclic amines) is 1. The van der Waals surface area contributed by atoms with Crippen LogP contribution >= 0.6 is 12.2 Å². The Morgan fingerprint density at radius 2 is 1.91 bits per heavy atom. The van der Waals surface area contributed by atoms with Crippen LogP contribution in [0.2, 0.25) is 0 Å². The number of nitrogens with two attached hydrogens (primary N) is 1. The van der Waals surface area contributed by atoms with Gasteiger partial charge in [-0.15, -0.1) is 5.11 Å². The minimum absolute atomic E-state index is 0.521. The minimum Gasteiger partial charge on any atom is -0.346 e. The summed E-state index contributed by atoms with van der Waals surface area (Å²) in [7, 11) is 0. The summed E-state index contributed by atoms with van der Waals surface area (Å²) in [6.45, 7) is 2.00. The lowest BCUT2D eigenvalue weighted by Crippen LogP contribution is -2.33. The monoisotopic (exact) mass is 172 g/mol. The molecular formula is C6H12N4S. The molecule has 1 rings (SSSR count). The zero-order valence-electron chi connectivity index (χ0n) is 6.36. The number of nitrogens with zero attached hydrogens (tertiary/aromatic N) is 3. The van der Waals surface area contributed by atoms with Crippen LogP contribution in [0, 0.1) is 0 Å². The molecule has 0 aromatic heterocycles. The van der Waals surface area contributed by atoms with Gasteiger partial charge in [-0.2, -0.15) is 0 Å². The average molecular weight is 172 g/mol. The van der Waals surface area contributed by atoms with Gasteiger partial charge in [-0.05, 0) is 31.5 Å². The van der Waals surface area contributed by atoms with Crippen LogP contribution in [0.3, 0.4) is 0 Å². The summed E-state index contributed by atoms with van der Waals surface area (Å²) in [5.41, 5.74) is 0. The van der Waals surface area contributed by atoms with Crippen LogP contribution < -0.4 is 5.84 Å². The molecule has 62 valence electrons. The molecule has 0 aromatic carbocycles. The fourth-order valence-electron chi connectivity index (χ4n) is 1.20. The molecular weight excluding hydrogens is 160 g/mol. The third-order valence-electron chi connectivity index (χ3n) is 1.77. The van der Waals surface area contributed by atoms with Crippen LogP contribution in [0.15, 0.2) is 10.3 Å². The standard InChI is InChI=1S/C6H12N4S/c7-9-8-6(11)10-4-2-1-3-5-10/h1-5H2,(H2,7,8,11). The molecule has 0 atom stereocenters. The highest BCUT2D eigenvalue weighted by Crippen LogP contribution is 2.09. The third-order valence-corrected chi connectivity index (χ3v) is 2.11. The molecule has 11 heavy (non-hydrogen) atoms. The summed E-state index contributed by atoms with van der Waals surface area (Å²) in [4.78, 5) is 2.04. The fraction of sp³-hybridized carbons (Fsp3) is 0.833. The molecule has 1 fully saturated rings. The van der Waals surface area contributed by atoms with Crippen molar-refractivity contribution in [3.05, 3.63) is 0 Å². The number of piperidine rings is 1. The van der Waals surface area contributed by atoms with Gasteiger partial charge >= 0.3 is 0 Å². The van der Waals surface area contributed by atoms with E-state index in [1.54, 1.807) is 0 Å². The molecule has 0 aromatic rings. The molecule has 4 nitrogen and oxygen atoms in total. The first-order valence-corrected chi connectivity index (χ1v) is 4.15. The molecule has 0 amide bonds. The highest BCUT2D eigenvalue weighted by molar-refractivity contribution is 7.80. The molecule has 0 bridgehead atoms. The Kier molecular flexibility index (Phi) is 3.22. The number of thiocarbonyl (C=S) groups is 1. The van der Waals surface area contributed by atoms with Gasteiger partial charge in [0.05, 0.1) is 0 Å². The molecule has 2 N–H and O–H groups in total. The van der Waals surface area contributed by atoms with E-state index in [4.69, 9.17) is 18.1 Å². The molecule has 1 aliphatic rings. The van der Waals surface area contributed by atoms with Gasteiger partial charge in [0, 0.05) is 13.1 Å². The van der Waals surface area contributed by atoms with Crippen LogP contribution in [0.4, 0.5) is 0 Å². The lowest BCUT2D eigenvalue weighted by molar-refractivity contribution is 0.343. The molecule has 1 heterocycles. The summed E-state index contributed by atoms with van der Waals surface area (Å²) in [5, 5.41) is 7.28. The maximum Gasteiger partial charge on any atom is 0.218 e. The lowest BCUT2D eigenvalue weighted by atomic mass is 10.1. The van der Waals surface area contributed by atoms with Gasteiger partial charge in [0.1, 0.15) is 0 Å². The average Bonchev–Trinajstić information content (AvgIpc) is 2.07. The Labute approximate surface area is 71.4 Å². The van der Waals surface area contributed by atoms with Crippen molar-refractivity contribution in [3.8, 4) is 0 Å². The molecule has 1 aliphatic heterocycles. The zero-order chi connectivity index (χ0) is 8.10. The van der Waals surface area contributed by atoms with E-state index in [9.17, 15) is 0 Å². The largest absolute Gasteiger partial charge is 0.346 e. The van der Waals surface area contributed by atoms with Gasteiger partial charge in [0.2, 0.25) is 5.11 Å². The highest BCUT2D eigenvalue weighted by Gasteiger charge is 2.11. The normalized spacial score (nSPS) is 19.1. The molecule has 0 saturated carbocycles. The van der Waals surface area contributed by atoms with Crippen molar-refractivity contribution >= 4 is 17.3 Å². The number of hydrogen-bond acceptors (Lipinski definition) is 2. The Morgan fingerprint density at radius 3 is 2.45 bits per heavy atom. The van der Waals surface area contributed by atoms with Crippen LogP contribution in [0.1, 0.15) is 19.3 Å². The third kappa shape index (κ3) is 2.42. The first kappa shape index (κ1) is 8.39. The molecule has 0 aliphatic carbocycles. The Balaban J connectivity index is 2.38. The second kappa shape index (κ2) is 4.23. The summed E-state index contributed by atoms with van der Waals surface area (Å²) in [6.07, 6.45) is 3.68. The SMILES string of the molecule is N/N=N/C(=S)N1CCCCC1. The van der Waals surface area contributed by atoms with Crippen LogP contribution in [-0.2, 0) is 0 Å². The van der Waals surface area contributed by atoms with Gasteiger partial charge < -0.3 is 10.7 Å². The quantitative estimate of drug-likeness (QED) is 0.257. The number of rotatable bonds is 0. The topological polar surface area (TPSA) is 54.0 Å². The second-order valence-electron chi connectivity index (χ2n) is 2.55. The first-order valence-electron chi connectivity index (χ1n) is 3.74. The minimum atomic E-state index is 0.521. The van der Waals surface area contributed by atoms with Crippen LogP contribution in [-0.4, -0.2) is 23.1 Å². The lowest BCUT2D eigenvalue weighted by Gasteiger charge is -2.25. The van der Waals surface area contributed by atoms with E-state index in [0.717, 1.165) is 13.1 Å². The Morgan fingerprint density at radius 1 is 1.27 bits per heavy atom. The van der Waals surface area contributed by atoms with Gasteiger partial charge in [-0.3, -0.25) is 0 Å². The second-order valence-corrected chi connectivity index (χ2v) is 2.91. The predicted octanol–water partition coefficient (Wildman–Crippen LogP) is 1.08. The summed E-state index contributed by atoms with van der Waals surface area (Å²) in [5.74, 6) is 4.88. The molecule has 0 unspecified atom stereocenters. The smallest absolute Gasteiger partial charge is 0.218 e. The van der Waals surface area contributed by atoms with E-state index >= 15 is 0 Å². The van der Waals surface area contributed by atoms with Gasteiger partial charge in [0.15, 0.2) is 0 Å². The Bertz CT molecular complexity index is 162. The zero-order valence-corrected chi connectivity index (χ0v) is 7.18. The summed E-state index contributed by atoms with van der Waals surface area (Å²) < 4.78 is 0.